The third kappa shape index (κ3) is 5.70. The SMILES string of the molecule is O=C(Nc1ccc(Cc2ccc(NC(=O)Nc3ccc4[nH]ncc4c3)cc2)cc1)Nc1ccc2[nH]ncc2c1. The van der Waals surface area contributed by atoms with Gasteiger partial charge < -0.3 is 21.3 Å². The van der Waals surface area contributed by atoms with Gasteiger partial charge in [0.05, 0.1) is 23.4 Å². The van der Waals surface area contributed by atoms with Crippen LogP contribution in [-0.2, 0) is 6.42 Å². The van der Waals surface area contributed by atoms with E-state index in [4.69, 9.17) is 0 Å². The number of amides is 4. The van der Waals surface area contributed by atoms with Crippen LogP contribution >= 0.6 is 0 Å². The van der Waals surface area contributed by atoms with Crippen molar-refractivity contribution in [2.24, 2.45) is 0 Å². The molecule has 10 nitrogen and oxygen atoms in total. The van der Waals surface area contributed by atoms with Gasteiger partial charge in [0.2, 0.25) is 0 Å². The largest absolute Gasteiger partial charge is 0.323 e. The van der Waals surface area contributed by atoms with Gasteiger partial charge in [-0.1, -0.05) is 24.3 Å². The minimum Gasteiger partial charge on any atom is -0.308 e. The van der Waals surface area contributed by atoms with E-state index in [2.05, 4.69) is 41.7 Å². The van der Waals surface area contributed by atoms with Crippen molar-refractivity contribution in [1.82, 2.24) is 20.4 Å². The Morgan fingerprint density at radius 3 is 1.36 bits per heavy atom. The van der Waals surface area contributed by atoms with Crippen molar-refractivity contribution in [2.45, 2.75) is 6.42 Å². The fourth-order valence-corrected chi connectivity index (χ4v) is 4.28. The maximum atomic E-state index is 12.4. The van der Waals surface area contributed by atoms with Crippen molar-refractivity contribution in [1.29, 1.82) is 0 Å². The fourth-order valence-electron chi connectivity index (χ4n) is 4.28. The standard InChI is InChI=1S/C29H24N8O2/c38-28(34-24-9-11-26-20(14-24)16-30-36-26)32-22-5-1-18(2-6-22)13-19-3-7-23(8-4-19)33-29(39)35-25-10-12-27-21(15-25)17-31-37-27/h1-12,14-17H,13H2,(H,30,36)(H,31,37)(H2,32,34,38)(H2,33,35,39). The zero-order valence-corrected chi connectivity index (χ0v) is 20.7. The number of hydrogen-bond donors (Lipinski definition) is 6. The van der Waals surface area contributed by atoms with Gasteiger partial charge in [0.15, 0.2) is 0 Å². The van der Waals surface area contributed by atoms with Gasteiger partial charge in [0, 0.05) is 33.5 Å². The highest BCUT2D eigenvalue weighted by Gasteiger charge is 2.07. The van der Waals surface area contributed by atoms with Crippen LogP contribution in [0.2, 0.25) is 0 Å². The van der Waals surface area contributed by atoms with E-state index in [-0.39, 0.29) is 12.1 Å². The number of carbonyl (C=O) groups excluding carboxylic acids is 2. The highest BCUT2D eigenvalue weighted by Crippen LogP contribution is 2.20. The van der Waals surface area contributed by atoms with Crippen molar-refractivity contribution >= 4 is 56.6 Å². The monoisotopic (exact) mass is 516 g/mol. The highest BCUT2D eigenvalue weighted by atomic mass is 16.2. The Labute approximate surface area is 222 Å². The summed E-state index contributed by atoms with van der Waals surface area (Å²) >= 11 is 0. The molecule has 0 saturated carbocycles. The third-order valence-electron chi connectivity index (χ3n) is 6.23. The number of aromatic nitrogens is 4. The number of hydrogen-bond acceptors (Lipinski definition) is 4. The molecule has 4 amide bonds. The summed E-state index contributed by atoms with van der Waals surface area (Å²) in [5.41, 5.74) is 6.77. The predicted molar refractivity (Wildman–Crippen MR) is 153 cm³/mol. The molecule has 0 atom stereocenters. The Kier molecular flexibility index (Phi) is 6.32. The normalized spacial score (nSPS) is 10.9. The number of nitrogens with one attached hydrogen (secondary N) is 6. The van der Waals surface area contributed by atoms with Crippen LogP contribution in [0.4, 0.5) is 32.3 Å². The molecule has 4 aromatic carbocycles. The first-order valence-corrected chi connectivity index (χ1v) is 12.3. The van der Waals surface area contributed by atoms with Crippen LogP contribution in [0.15, 0.2) is 97.3 Å². The number of fused-ring (bicyclic) bond motifs is 2. The first-order chi connectivity index (χ1) is 19.1. The van der Waals surface area contributed by atoms with E-state index in [0.717, 1.165) is 32.9 Å². The number of urea groups is 2. The van der Waals surface area contributed by atoms with Crippen molar-refractivity contribution in [3.05, 3.63) is 108 Å². The summed E-state index contributed by atoms with van der Waals surface area (Å²) in [6, 6.07) is 25.8. The lowest BCUT2D eigenvalue weighted by molar-refractivity contribution is 0.261. The zero-order chi connectivity index (χ0) is 26.6. The molecule has 192 valence electrons. The lowest BCUT2D eigenvalue weighted by atomic mass is 10.0. The van der Waals surface area contributed by atoms with Gasteiger partial charge in [-0.3, -0.25) is 10.2 Å². The molecule has 0 fully saturated rings. The van der Waals surface area contributed by atoms with E-state index >= 15 is 0 Å². The molecule has 0 saturated heterocycles. The first kappa shape index (κ1) is 23.7. The minimum atomic E-state index is -0.320. The number of rotatable bonds is 6. The lowest BCUT2D eigenvalue weighted by Crippen LogP contribution is -2.19. The number of nitrogens with zero attached hydrogens (tertiary/aromatic N) is 2. The molecule has 0 aliphatic carbocycles. The van der Waals surface area contributed by atoms with E-state index in [1.165, 1.54) is 0 Å². The van der Waals surface area contributed by atoms with Crippen LogP contribution in [-0.4, -0.2) is 32.5 Å². The van der Waals surface area contributed by atoms with E-state index < -0.39 is 0 Å². The van der Waals surface area contributed by atoms with E-state index in [1.54, 1.807) is 12.4 Å². The average Bonchev–Trinajstić information content (AvgIpc) is 3.60. The zero-order valence-electron chi connectivity index (χ0n) is 20.7. The van der Waals surface area contributed by atoms with Crippen molar-refractivity contribution in [3.63, 3.8) is 0 Å². The molecule has 0 unspecified atom stereocenters. The van der Waals surface area contributed by atoms with Crippen LogP contribution in [0.25, 0.3) is 21.8 Å². The number of benzene rings is 4. The molecule has 0 aliphatic rings. The van der Waals surface area contributed by atoms with Gasteiger partial charge in [-0.2, -0.15) is 10.2 Å². The number of anilines is 4. The Morgan fingerprint density at radius 1 is 0.538 bits per heavy atom. The summed E-state index contributed by atoms with van der Waals surface area (Å²) < 4.78 is 0. The Hall–Kier alpha value is -5.64. The van der Waals surface area contributed by atoms with Crippen LogP contribution in [0.3, 0.4) is 0 Å². The second kappa shape index (κ2) is 10.4. The van der Waals surface area contributed by atoms with Crippen molar-refractivity contribution < 1.29 is 9.59 Å². The first-order valence-electron chi connectivity index (χ1n) is 12.3. The molecular formula is C29H24N8O2. The summed E-state index contributed by atoms with van der Waals surface area (Å²) in [6.45, 7) is 0. The molecular weight excluding hydrogens is 492 g/mol. The van der Waals surface area contributed by atoms with Gasteiger partial charge in [0.1, 0.15) is 0 Å². The summed E-state index contributed by atoms with van der Waals surface area (Å²) in [6.07, 6.45) is 4.14. The van der Waals surface area contributed by atoms with Crippen molar-refractivity contribution in [3.8, 4) is 0 Å². The van der Waals surface area contributed by atoms with Crippen LogP contribution in [0, 0.1) is 0 Å². The Morgan fingerprint density at radius 2 is 0.923 bits per heavy atom. The molecule has 2 aromatic heterocycles. The topological polar surface area (TPSA) is 140 Å². The fraction of sp³-hybridized carbons (Fsp3) is 0.0345. The molecule has 0 spiro atoms. The second-order valence-electron chi connectivity index (χ2n) is 9.07. The van der Waals surface area contributed by atoms with E-state index in [0.29, 0.717) is 29.2 Å². The van der Waals surface area contributed by atoms with Crippen LogP contribution < -0.4 is 21.3 Å². The average molecular weight is 517 g/mol. The molecule has 10 heteroatoms. The smallest absolute Gasteiger partial charge is 0.308 e. The maximum Gasteiger partial charge on any atom is 0.323 e. The molecule has 39 heavy (non-hydrogen) atoms. The van der Waals surface area contributed by atoms with Gasteiger partial charge in [-0.25, -0.2) is 9.59 Å². The Balaban J connectivity index is 0.998. The van der Waals surface area contributed by atoms with E-state index in [9.17, 15) is 9.59 Å². The van der Waals surface area contributed by atoms with Gasteiger partial charge in [-0.15, -0.1) is 0 Å². The van der Waals surface area contributed by atoms with Crippen molar-refractivity contribution in [2.75, 3.05) is 21.3 Å². The second-order valence-corrected chi connectivity index (χ2v) is 9.07. The molecule has 6 aromatic rings. The van der Waals surface area contributed by atoms with Gasteiger partial charge in [0.25, 0.3) is 0 Å². The third-order valence-corrected chi connectivity index (χ3v) is 6.23. The summed E-state index contributed by atoms with van der Waals surface area (Å²) in [5.74, 6) is 0. The quantitative estimate of drug-likeness (QED) is 0.154. The summed E-state index contributed by atoms with van der Waals surface area (Å²) in [7, 11) is 0. The summed E-state index contributed by atoms with van der Waals surface area (Å²) in [4.78, 5) is 24.8. The minimum absolute atomic E-state index is 0.320. The summed E-state index contributed by atoms with van der Waals surface area (Å²) in [5, 5.41) is 27.0. The lowest BCUT2D eigenvalue weighted by Gasteiger charge is -2.10. The van der Waals surface area contributed by atoms with Crippen LogP contribution in [0.5, 0.6) is 0 Å². The number of H-pyrrole nitrogens is 2. The number of aromatic amines is 2. The highest BCUT2D eigenvalue weighted by molar-refractivity contribution is 6.01. The Bertz CT molecular complexity index is 1640. The van der Waals surface area contributed by atoms with Gasteiger partial charge >= 0.3 is 12.1 Å². The molecule has 0 radical (unpaired) electrons. The predicted octanol–water partition coefficient (Wildman–Crippen LogP) is 6.32. The molecule has 0 bridgehead atoms. The molecule has 2 heterocycles. The number of carbonyl (C=O) groups is 2. The molecule has 0 aliphatic heterocycles. The molecule has 6 N–H and O–H groups in total. The molecule has 6 rings (SSSR count). The van der Waals surface area contributed by atoms with E-state index in [1.807, 2.05) is 84.9 Å². The maximum absolute atomic E-state index is 12.4. The van der Waals surface area contributed by atoms with Crippen LogP contribution in [0.1, 0.15) is 11.1 Å². The van der Waals surface area contributed by atoms with Gasteiger partial charge in [-0.05, 0) is 78.2 Å².